The molecule has 2 saturated heterocycles. The summed E-state index contributed by atoms with van der Waals surface area (Å²) < 4.78 is 5.42. The summed E-state index contributed by atoms with van der Waals surface area (Å²) >= 11 is 0. The van der Waals surface area contributed by atoms with E-state index in [-0.39, 0.29) is 36.8 Å². The van der Waals surface area contributed by atoms with Crippen molar-refractivity contribution < 1.29 is 9.53 Å². The maximum Gasteiger partial charge on any atom is 0.222 e. The number of carbonyl (C=O) groups excluding carboxylic acids is 1. The Morgan fingerprint density at radius 2 is 1.96 bits per heavy atom. The first-order valence-electron chi connectivity index (χ1n) is 8.69. The van der Waals surface area contributed by atoms with Crippen LogP contribution >= 0.6 is 24.8 Å². The van der Waals surface area contributed by atoms with Gasteiger partial charge in [-0.2, -0.15) is 0 Å². The molecule has 2 aliphatic heterocycles. The monoisotopic (exact) mass is 389 g/mol. The molecule has 25 heavy (non-hydrogen) atoms. The Balaban J connectivity index is 0.00000156. The highest BCUT2D eigenvalue weighted by molar-refractivity contribution is 5.85. The number of carbonyl (C=O) groups is 1. The number of rotatable bonds is 6. The first-order chi connectivity index (χ1) is 11.3. The molecule has 2 heterocycles. The summed E-state index contributed by atoms with van der Waals surface area (Å²) in [5.41, 5.74) is 1.17. The van der Waals surface area contributed by atoms with Crippen LogP contribution < -0.4 is 10.6 Å². The van der Waals surface area contributed by atoms with Crippen LogP contribution in [0, 0.1) is 0 Å². The van der Waals surface area contributed by atoms with E-state index in [1.165, 1.54) is 12.0 Å². The fraction of sp³-hybridized carbons (Fsp3) is 0.611. The zero-order valence-corrected chi connectivity index (χ0v) is 16.1. The van der Waals surface area contributed by atoms with Crippen molar-refractivity contribution in [1.82, 2.24) is 15.5 Å². The third-order valence-corrected chi connectivity index (χ3v) is 4.68. The third kappa shape index (κ3) is 7.12. The predicted octanol–water partition coefficient (Wildman–Crippen LogP) is 2.16. The van der Waals surface area contributed by atoms with Gasteiger partial charge in [-0.1, -0.05) is 30.3 Å². The van der Waals surface area contributed by atoms with Crippen LogP contribution in [0.25, 0.3) is 0 Å². The lowest BCUT2D eigenvalue weighted by Crippen LogP contribution is -2.43. The van der Waals surface area contributed by atoms with Crippen molar-refractivity contribution in [3.63, 3.8) is 0 Å². The number of hydrogen-bond acceptors (Lipinski definition) is 4. The van der Waals surface area contributed by atoms with Gasteiger partial charge in [-0.15, -0.1) is 24.8 Å². The van der Waals surface area contributed by atoms with E-state index in [4.69, 9.17) is 4.74 Å². The number of hydrogen-bond donors (Lipinski definition) is 2. The van der Waals surface area contributed by atoms with Crippen molar-refractivity contribution in [1.29, 1.82) is 0 Å². The lowest BCUT2D eigenvalue weighted by molar-refractivity contribution is -0.122. The quantitative estimate of drug-likeness (QED) is 0.782. The summed E-state index contributed by atoms with van der Waals surface area (Å²) in [4.78, 5) is 14.8. The second-order valence-electron chi connectivity index (χ2n) is 6.44. The summed E-state index contributed by atoms with van der Waals surface area (Å²) in [6.45, 7) is 5.31. The highest BCUT2D eigenvalue weighted by Crippen LogP contribution is 2.16. The molecule has 2 aliphatic rings. The molecule has 0 saturated carbocycles. The Hall–Kier alpha value is -0.850. The van der Waals surface area contributed by atoms with Crippen molar-refractivity contribution in [2.24, 2.45) is 0 Å². The smallest absolute Gasteiger partial charge is 0.222 e. The highest BCUT2D eigenvalue weighted by atomic mass is 35.5. The maximum atomic E-state index is 12.4. The fourth-order valence-corrected chi connectivity index (χ4v) is 3.37. The zero-order valence-electron chi connectivity index (χ0n) is 14.5. The van der Waals surface area contributed by atoms with E-state index in [0.29, 0.717) is 12.5 Å². The van der Waals surface area contributed by atoms with Crippen LogP contribution in [0.15, 0.2) is 30.3 Å². The minimum atomic E-state index is 0. The van der Waals surface area contributed by atoms with Gasteiger partial charge in [0.15, 0.2) is 0 Å². The van der Waals surface area contributed by atoms with Crippen molar-refractivity contribution >= 4 is 30.7 Å². The second-order valence-corrected chi connectivity index (χ2v) is 6.44. The van der Waals surface area contributed by atoms with Gasteiger partial charge in [-0.25, -0.2) is 0 Å². The summed E-state index contributed by atoms with van der Waals surface area (Å²) in [7, 11) is 0. The SMILES string of the molecule is Cl.Cl.O=C(CC1CCCN1)NC(CN1CCOCC1)c1ccccc1. The van der Waals surface area contributed by atoms with E-state index in [1.807, 2.05) is 18.2 Å². The van der Waals surface area contributed by atoms with Crippen LogP contribution in [0.3, 0.4) is 0 Å². The average molecular weight is 390 g/mol. The third-order valence-electron chi connectivity index (χ3n) is 4.68. The summed E-state index contributed by atoms with van der Waals surface area (Å²) in [6, 6.07) is 10.7. The van der Waals surface area contributed by atoms with Crippen LogP contribution in [0.2, 0.25) is 0 Å². The Morgan fingerprint density at radius 1 is 1.24 bits per heavy atom. The number of halogens is 2. The molecule has 0 aliphatic carbocycles. The lowest BCUT2D eigenvalue weighted by atomic mass is 10.0. The molecular weight excluding hydrogens is 361 g/mol. The van der Waals surface area contributed by atoms with Crippen molar-refractivity contribution in [3.8, 4) is 0 Å². The minimum Gasteiger partial charge on any atom is -0.379 e. The fourth-order valence-electron chi connectivity index (χ4n) is 3.37. The average Bonchev–Trinajstić information content (AvgIpc) is 3.09. The molecule has 2 N–H and O–H groups in total. The number of morpholine rings is 1. The number of benzene rings is 1. The van der Waals surface area contributed by atoms with Gasteiger partial charge in [0.1, 0.15) is 0 Å². The molecule has 0 aromatic heterocycles. The van der Waals surface area contributed by atoms with Gasteiger partial charge < -0.3 is 15.4 Å². The molecule has 0 bridgehead atoms. The van der Waals surface area contributed by atoms with Crippen LogP contribution in [-0.2, 0) is 9.53 Å². The first-order valence-corrected chi connectivity index (χ1v) is 8.69. The molecule has 1 amide bonds. The van der Waals surface area contributed by atoms with Gasteiger partial charge in [0.25, 0.3) is 0 Å². The molecule has 0 radical (unpaired) electrons. The predicted molar refractivity (Wildman–Crippen MR) is 105 cm³/mol. The van der Waals surface area contributed by atoms with E-state index in [1.54, 1.807) is 0 Å². The molecule has 5 nitrogen and oxygen atoms in total. The standard InChI is InChI=1S/C18H27N3O2.2ClH/c22-18(13-16-7-4-8-19-16)20-17(15-5-2-1-3-6-15)14-21-9-11-23-12-10-21;;/h1-3,5-6,16-17,19H,4,7-14H2,(H,20,22);2*1H. The van der Waals surface area contributed by atoms with Crippen molar-refractivity contribution in [2.75, 3.05) is 39.4 Å². The summed E-state index contributed by atoms with van der Waals surface area (Å²) in [6.07, 6.45) is 2.85. The van der Waals surface area contributed by atoms with Crippen molar-refractivity contribution in [2.45, 2.75) is 31.3 Å². The van der Waals surface area contributed by atoms with Crippen LogP contribution in [-0.4, -0.2) is 56.2 Å². The van der Waals surface area contributed by atoms with Gasteiger partial charge in [0, 0.05) is 32.1 Å². The molecule has 3 rings (SSSR count). The van der Waals surface area contributed by atoms with E-state index < -0.39 is 0 Å². The van der Waals surface area contributed by atoms with Crippen molar-refractivity contribution in [3.05, 3.63) is 35.9 Å². The van der Waals surface area contributed by atoms with Gasteiger partial charge in [0.05, 0.1) is 19.3 Å². The van der Waals surface area contributed by atoms with Crippen LogP contribution in [0.4, 0.5) is 0 Å². The maximum absolute atomic E-state index is 12.4. The molecule has 1 aromatic carbocycles. The summed E-state index contributed by atoms with van der Waals surface area (Å²) in [5, 5.41) is 6.64. The normalized spacial score (nSPS) is 21.7. The Kier molecular flexibility index (Phi) is 10.4. The molecule has 142 valence electrons. The van der Waals surface area contributed by atoms with E-state index in [9.17, 15) is 4.79 Å². The van der Waals surface area contributed by atoms with E-state index >= 15 is 0 Å². The topological polar surface area (TPSA) is 53.6 Å². The Morgan fingerprint density at radius 3 is 2.60 bits per heavy atom. The van der Waals surface area contributed by atoms with Gasteiger partial charge in [-0.05, 0) is 24.9 Å². The van der Waals surface area contributed by atoms with Gasteiger partial charge >= 0.3 is 0 Å². The molecule has 0 spiro atoms. The first kappa shape index (κ1) is 22.2. The van der Waals surface area contributed by atoms with E-state index in [2.05, 4.69) is 27.7 Å². The molecule has 7 heteroatoms. The second kappa shape index (κ2) is 11.7. The van der Waals surface area contributed by atoms with Gasteiger partial charge in [0.2, 0.25) is 5.91 Å². The molecule has 2 unspecified atom stereocenters. The van der Waals surface area contributed by atoms with E-state index in [0.717, 1.165) is 45.8 Å². The Bertz CT molecular complexity index is 492. The minimum absolute atomic E-state index is 0. The molecule has 1 aromatic rings. The molecular formula is C18H29Cl2N3O2. The van der Waals surface area contributed by atoms with Gasteiger partial charge in [-0.3, -0.25) is 9.69 Å². The number of nitrogens with one attached hydrogen (secondary N) is 2. The van der Waals surface area contributed by atoms with Crippen LogP contribution in [0.1, 0.15) is 30.9 Å². The van der Waals surface area contributed by atoms with Crippen LogP contribution in [0.5, 0.6) is 0 Å². The summed E-state index contributed by atoms with van der Waals surface area (Å²) in [5.74, 6) is 0.145. The molecule has 2 fully saturated rings. The number of amides is 1. The lowest BCUT2D eigenvalue weighted by Gasteiger charge is -2.31. The highest BCUT2D eigenvalue weighted by Gasteiger charge is 2.22. The number of ether oxygens (including phenoxy) is 1. The Labute approximate surface area is 162 Å². The molecule has 2 atom stereocenters. The largest absolute Gasteiger partial charge is 0.379 e. The number of nitrogens with zero attached hydrogens (tertiary/aromatic N) is 1. The zero-order chi connectivity index (χ0) is 15.9.